The van der Waals surface area contributed by atoms with Crippen molar-refractivity contribution in [3.8, 4) is 11.1 Å². The highest BCUT2D eigenvalue weighted by atomic mass is 16.6. The molecule has 1 aliphatic carbocycles. The predicted octanol–water partition coefficient (Wildman–Crippen LogP) is 3.86. The van der Waals surface area contributed by atoms with Crippen LogP contribution >= 0.6 is 0 Å². The van der Waals surface area contributed by atoms with Crippen LogP contribution in [0.3, 0.4) is 0 Å². The van der Waals surface area contributed by atoms with Crippen molar-refractivity contribution >= 4 is 17.5 Å². The van der Waals surface area contributed by atoms with Gasteiger partial charge in [0.05, 0.1) is 4.92 Å². The van der Waals surface area contributed by atoms with Crippen molar-refractivity contribution in [1.29, 1.82) is 0 Å². The molecule has 1 saturated carbocycles. The van der Waals surface area contributed by atoms with E-state index in [0.717, 1.165) is 54.5 Å². The average molecular weight is 476 g/mol. The highest BCUT2D eigenvalue weighted by Crippen LogP contribution is 2.32. The molecule has 7 N–H and O–H groups in total. The Bertz CT molecular complexity index is 1180. The minimum Gasteiger partial charge on any atom is -0.368 e. The number of nitrogens with one attached hydrogen (secondary N) is 1. The lowest BCUT2D eigenvalue weighted by Gasteiger charge is -2.27. The summed E-state index contributed by atoms with van der Waals surface area (Å²) in [5, 5.41) is 15.3. The number of hydrogen-bond donors (Lipinski definition) is 4. The summed E-state index contributed by atoms with van der Waals surface area (Å²) in [4.78, 5) is 20.1. The maximum atomic E-state index is 12.1. The topological polar surface area (TPSA) is 159 Å². The molecular weight excluding hydrogens is 442 g/mol. The van der Waals surface area contributed by atoms with Gasteiger partial charge in [-0.15, -0.1) is 0 Å². The van der Waals surface area contributed by atoms with Crippen molar-refractivity contribution in [3.05, 3.63) is 75.5 Å². The number of aromatic nitrogens is 2. The lowest BCUT2D eigenvalue weighted by molar-refractivity contribution is -0.385. The minimum atomic E-state index is -0.420. The molecule has 1 heterocycles. The van der Waals surface area contributed by atoms with E-state index >= 15 is 0 Å². The first kappa shape index (κ1) is 24.6. The zero-order valence-corrected chi connectivity index (χ0v) is 19.8. The van der Waals surface area contributed by atoms with Crippen molar-refractivity contribution in [2.24, 2.45) is 23.3 Å². The van der Waals surface area contributed by atoms with Gasteiger partial charge in [-0.3, -0.25) is 10.1 Å². The van der Waals surface area contributed by atoms with E-state index in [1.165, 1.54) is 0 Å². The van der Waals surface area contributed by atoms with Gasteiger partial charge in [-0.1, -0.05) is 42.5 Å². The van der Waals surface area contributed by atoms with Crippen LogP contribution in [0.15, 0.2) is 48.5 Å². The first-order chi connectivity index (χ1) is 17.0. The number of anilines is 2. The SMILES string of the molecule is NCc1cccc(-c2cccc(Cc3nc(N)nc(NCC4CCC(CN)CC4)c3[N+](=O)[O-])c2)c1. The van der Waals surface area contributed by atoms with E-state index in [1.54, 1.807) is 0 Å². The molecule has 1 fully saturated rings. The molecule has 9 nitrogen and oxygen atoms in total. The maximum absolute atomic E-state index is 12.1. The Hall–Kier alpha value is -3.56. The third kappa shape index (κ3) is 6.12. The smallest absolute Gasteiger partial charge is 0.333 e. The van der Waals surface area contributed by atoms with Crippen LogP contribution in [0.5, 0.6) is 0 Å². The van der Waals surface area contributed by atoms with Crippen molar-refractivity contribution in [2.75, 3.05) is 24.1 Å². The van der Waals surface area contributed by atoms with Crippen LogP contribution in [0.25, 0.3) is 11.1 Å². The predicted molar refractivity (Wildman–Crippen MR) is 139 cm³/mol. The Balaban J connectivity index is 1.56. The summed E-state index contributed by atoms with van der Waals surface area (Å²) in [7, 11) is 0. The van der Waals surface area contributed by atoms with Crippen molar-refractivity contribution in [3.63, 3.8) is 0 Å². The second kappa shape index (κ2) is 11.2. The van der Waals surface area contributed by atoms with E-state index in [0.29, 0.717) is 30.6 Å². The van der Waals surface area contributed by atoms with Gasteiger partial charge in [-0.05, 0) is 72.4 Å². The lowest BCUT2D eigenvalue weighted by atomic mass is 9.82. The molecule has 0 spiro atoms. The second-order valence-corrected chi connectivity index (χ2v) is 9.27. The first-order valence-electron chi connectivity index (χ1n) is 12.1. The molecule has 1 aliphatic rings. The Labute approximate surface area is 205 Å². The summed E-state index contributed by atoms with van der Waals surface area (Å²) in [6.45, 7) is 1.79. The Morgan fingerprint density at radius 2 is 1.57 bits per heavy atom. The molecule has 2 aromatic carbocycles. The van der Waals surface area contributed by atoms with E-state index < -0.39 is 4.92 Å². The lowest BCUT2D eigenvalue weighted by Crippen LogP contribution is -2.25. The van der Waals surface area contributed by atoms with Gasteiger partial charge in [-0.2, -0.15) is 4.98 Å². The highest BCUT2D eigenvalue weighted by Gasteiger charge is 2.26. The van der Waals surface area contributed by atoms with Crippen LogP contribution in [-0.4, -0.2) is 28.0 Å². The second-order valence-electron chi connectivity index (χ2n) is 9.27. The van der Waals surface area contributed by atoms with Crippen LogP contribution in [0.2, 0.25) is 0 Å². The molecule has 184 valence electrons. The number of rotatable bonds is 9. The fourth-order valence-corrected chi connectivity index (χ4v) is 4.80. The first-order valence-corrected chi connectivity index (χ1v) is 12.1. The summed E-state index contributed by atoms with van der Waals surface area (Å²) < 4.78 is 0. The van der Waals surface area contributed by atoms with E-state index in [9.17, 15) is 10.1 Å². The number of benzene rings is 2. The van der Waals surface area contributed by atoms with Gasteiger partial charge in [0.1, 0.15) is 5.69 Å². The number of nitrogen functional groups attached to an aromatic ring is 1. The number of nitrogens with two attached hydrogens (primary N) is 3. The summed E-state index contributed by atoms with van der Waals surface area (Å²) in [5.74, 6) is 1.21. The monoisotopic (exact) mass is 475 g/mol. The molecule has 35 heavy (non-hydrogen) atoms. The third-order valence-corrected chi connectivity index (χ3v) is 6.81. The summed E-state index contributed by atoms with van der Waals surface area (Å²) >= 11 is 0. The largest absolute Gasteiger partial charge is 0.368 e. The summed E-state index contributed by atoms with van der Waals surface area (Å²) in [6, 6.07) is 15.9. The van der Waals surface area contributed by atoms with Gasteiger partial charge >= 0.3 is 5.69 Å². The molecule has 0 radical (unpaired) electrons. The zero-order valence-electron chi connectivity index (χ0n) is 19.8. The molecule has 0 amide bonds. The standard InChI is InChI=1S/C26H33N7O2/c27-14-17-7-9-18(10-8-17)16-30-25-24(33(34)35)23(31-26(29)32-25)13-19-3-1-5-21(11-19)22-6-2-4-20(12-22)15-28/h1-6,11-12,17-18H,7-10,13-16,27-28H2,(H3,29,30,31,32). The fraction of sp³-hybridized carbons (Fsp3) is 0.385. The van der Waals surface area contributed by atoms with Crippen LogP contribution in [0, 0.1) is 22.0 Å². The van der Waals surface area contributed by atoms with Crippen LogP contribution in [0.4, 0.5) is 17.5 Å². The average Bonchev–Trinajstić information content (AvgIpc) is 2.87. The Morgan fingerprint density at radius 1 is 0.943 bits per heavy atom. The van der Waals surface area contributed by atoms with Crippen molar-refractivity contribution in [2.45, 2.75) is 38.6 Å². The van der Waals surface area contributed by atoms with E-state index in [-0.39, 0.29) is 23.9 Å². The minimum absolute atomic E-state index is 0.0201. The van der Waals surface area contributed by atoms with Crippen LogP contribution in [-0.2, 0) is 13.0 Å². The molecule has 9 heteroatoms. The normalized spacial score (nSPS) is 17.8. The maximum Gasteiger partial charge on any atom is 0.333 e. The van der Waals surface area contributed by atoms with Crippen LogP contribution < -0.4 is 22.5 Å². The summed E-state index contributed by atoms with van der Waals surface area (Å²) in [5.41, 5.74) is 21.7. The van der Waals surface area contributed by atoms with Gasteiger partial charge in [-0.25, -0.2) is 4.98 Å². The molecule has 0 aliphatic heterocycles. The number of nitrogens with zero attached hydrogens (tertiary/aromatic N) is 3. The number of nitro groups is 1. The Morgan fingerprint density at radius 3 is 2.20 bits per heavy atom. The van der Waals surface area contributed by atoms with Gasteiger partial charge in [0.25, 0.3) is 0 Å². The highest BCUT2D eigenvalue weighted by molar-refractivity contribution is 5.66. The van der Waals surface area contributed by atoms with Gasteiger partial charge in [0.2, 0.25) is 11.8 Å². The van der Waals surface area contributed by atoms with Crippen molar-refractivity contribution in [1.82, 2.24) is 9.97 Å². The van der Waals surface area contributed by atoms with Gasteiger partial charge < -0.3 is 22.5 Å². The molecule has 0 saturated heterocycles. The van der Waals surface area contributed by atoms with Crippen LogP contribution in [0.1, 0.15) is 42.5 Å². The summed E-state index contributed by atoms with van der Waals surface area (Å²) in [6.07, 6.45) is 4.55. The van der Waals surface area contributed by atoms with Gasteiger partial charge in [0.15, 0.2) is 0 Å². The van der Waals surface area contributed by atoms with E-state index in [4.69, 9.17) is 17.2 Å². The molecule has 4 rings (SSSR count). The van der Waals surface area contributed by atoms with Gasteiger partial charge in [0, 0.05) is 19.5 Å². The third-order valence-electron chi connectivity index (χ3n) is 6.81. The molecule has 0 bridgehead atoms. The zero-order chi connectivity index (χ0) is 24.8. The quantitative estimate of drug-likeness (QED) is 0.268. The van der Waals surface area contributed by atoms with E-state index in [2.05, 4.69) is 15.3 Å². The molecular formula is C26H33N7O2. The Kier molecular flexibility index (Phi) is 7.89. The molecule has 3 aromatic rings. The number of hydrogen-bond acceptors (Lipinski definition) is 8. The molecule has 0 atom stereocenters. The molecule has 1 aromatic heterocycles. The fourth-order valence-electron chi connectivity index (χ4n) is 4.80. The molecule has 0 unspecified atom stereocenters. The van der Waals surface area contributed by atoms with E-state index in [1.807, 2.05) is 48.5 Å². The van der Waals surface area contributed by atoms with Crippen molar-refractivity contribution < 1.29 is 4.92 Å².